The summed E-state index contributed by atoms with van der Waals surface area (Å²) < 4.78 is 10.9. The molecule has 0 spiro atoms. The van der Waals surface area contributed by atoms with Gasteiger partial charge in [-0.15, -0.1) is 0 Å². The topological polar surface area (TPSA) is 87.6 Å². The first-order valence-corrected chi connectivity index (χ1v) is 6.37. The van der Waals surface area contributed by atoms with Crippen LogP contribution in [0.4, 0.5) is 5.69 Å². The summed E-state index contributed by atoms with van der Waals surface area (Å²) in [5, 5.41) is 10.7. The summed E-state index contributed by atoms with van der Waals surface area (Å²) in [4.78, 5) is 10.3. The number of non-ortho nitro benzene ring substituents is 1. The summed E-state index contributed by atoms with van der Waals surface area (Å²) in [6.07, 6.45) is 0. The van der Waals surface area contributed by atoms with Crippen molar-refractivity contribution in [3.05, 3.63) is 63.7 Å². The monoisotopic (exact) mass is 288 g/mol. The second-order valence-corrected chi connectivity index (χ2v) is 4.39. The Morgan fingerprint density at radius 2 is 2.05 bits per heavy atom. The molecule has 0 aliphatic carbocycles. The van der Waals surface area contributed by atoms with Crippen molar-refractivity contribution in [3.63, 3.8) is 0 Å². The summed E-state index contributed by atoms with van der Waals surface area (Å²) in [5.74, 6) is 1.28. The Balaban J connectivity index is 2.15. The summed E-state index contributed by atoms with van der Waals surface area (Å²) in [5.41, 5.74) is 7.27. The highest BCUT2D eigenvalue weighted by molar-refractivity contribution is 5.41. The lowest BCUT2D eigenvalue weighted by molar-refractivity contribution is -0.384. The van der Waals surface area contributed by atoms with Crippen molar-refractivity contribution in [2.45, 2.75) is 13.2 Å². The van der Waals surface area contributed by atoms with Crippen LogP contribution in [0.15, 0.2) is 42.5 Å². The predicted molar refractivity (Wildman–Crippen MR) is 78.3 cm³/mol. The van der Waals surface area contributed by atoms with E-state index in [2.05, 4.69) is 0 Å². The molecule has 2 N–H and O–H groups in total. The van der Waals surface area contributed by atoms with Crippen LogP contribution in [0.3, 0.4) is 0 Å². The third-order valence-corrected chi connectivity index (χ3v) is 3.01. The minimum absolute atomic E-state index is 0.0424. The van der Waals surface area contributed by atoms with Gasteiger partial charge >= 0.3 is 0 Å². The van der Waals surface area contributed by atoms with Crippen LogP contribution in [-0.4, -0.2) is 12.0 Å². The van der Waals surface area contributed by atoms with E-state index in [1.807, 2.05) is 12.1 Å². The van der Waals surface area contributed by atoms with Crippen molar-refractivity contribution >= 4 is 5.69 Å². The molecule has 0 radical (unpaired) electrons. The first-order chi connectivity index (χ1) is 10.1. The highest BCUT2D eigenvalue weighted by atomic mass is 16.6. The molecule has 0 heterocycles. The predicted octanol–water partition coefficient (Wildman–Crippen LogP) is 2.64. The molecule has 2 rings (SSSR count). The van der Waals surface area contributed by atoms with Crippen molar-refractivity contribution in [2.24, 2.45) is 5.73 Å². The second-order valence-electron chi connectivity index (χ2n) is 4.39. The van der Waals surface area contributed by atoms with Crippen molar-refractivity contribution in [2.75, 3.05) is 7.11 Å². The quantitative estimate of drug-likeness (QED) is 0.652. The SMILES string of the molecule is COc1ccc(CN)c(OCc2cccc([N+](=O)[O-])c2)c1. The average molecular weight is 288 g/mol. The molecule has 0 saturated carbocycles. The van der Waals surface area contributed by atoms with Crippen LogP contribution in [0.2, 0.25) is 0 Å². The molecule has 2 aromatic rings. The normalized spacial score (nSPS) is 10.2. The standard InChI is InChI=1S/C15H16N2O4/c1-20-14-6-5-12(9-16)15(8-14)21-10-11-3-2-4-13(7-11)17(18)19/h2-8H,9-10,16H2,1H3. The van der Waals surface area contributed by atoms with Crippen LogP contribution in [0.25, 0.3) is 0 Å². The molecular weight excluding hydrogens is 272 g/mol. The number of benzene rings is 2. The van der Waals surface area contributed by atoms with Crippen LogP contribution >= 0.6 is 0 Å². The first kappa shape index (κ1) is 14.8. The van der Waals surface area contributed by atoms with E-state index in [9.17, 15) is 10.1 Å². The molecular formula is C15H16N2O4. The molecule has 2 aromatic carbocycles. The Morgan fingerprint density at radius 1 is 1.24 bits per heavy atom. The maximum atomic E-state index is 10.7. The third-order valence-electron chi connectivity index (χ3n) is 3.01. The van der Waals surface area contributed by atoms with Crippen molar-refractivity contribution < 1.29 is 14.4 Å². The van der Waals surface area contributed by atoms with E-state index in [0.717, 1.165) is 11.1 Å². The van der Waals surface area contributed by atoms with Crippen LogP contribution in [-0.2, 0) is 13.2 Å². The van der Waals surface area contributed by atoms with E-state index in [0.29, 0.717) is 18.0 Å². The molecule has 0 aliphatic heterocycles. The molecule has 0 aliphatic rings. The molecule has 6 heteroatoms. The van der Waals surface area contributed by atoms with Gasteiger partial charge in [0.2, 0.25) is 0 Å². The molecule has 0 saturated heterocycles. The van der Waals surface area contributed by atoms with E-state index in [1.54, 1.807) is 25.3 Å². The largest absolute Gasteiger partial charge is 0.497 e. The fourth-order valence-electron chi connectivity index (χ4n) is 1.89. The number of nitro benzene ring substituents is 1. The molecule has 0 aromatic heterocycles. The number of ether oxygens (including phenoxy) is 2. The zero-order chi connectivity index (χ0) is 15.2. The molecule has 0 unspecified atom stereocenters. The van der Waals surface area contributed by atoms with Crippen LogP contribution < -0.4 is 15.2 Å². The molecule has 0 bridgehead atoms. The van der Waals surface area contributed by atoms with Crippen molar-refractivity contribution in [3.8, 4) is 11.5 Å². The van der Waals surface area contributed by atoms with Gasteiger partial charge in [0.05, 0.1) is 12.0 Å². The molecule has 21 heavy (non-hydrogen) atoms. The summed E-state index contributed by atoms with van der Waals surface area (Å²) >= 11 is 0. The molecule has 0 atom stereocenters. The van der Waals surface area contributed by atoms with E-state index in [-0.39, 0.29) is 12.3 Å². The van der Waals surface area contributed by atoms with Crippen molar-refractivity contribution in [1.29, 1.82) is 0 Å². The molecule has 0 fully saturated rings. The van der Waals surface area contributed by atoms with E-state index < -0.39 is 4.92 Å². The summed E-state index contributed by atoms with van der Waals surface area (Å²) in [6, 6.07) is 11.7. The Bertz CT molecular complexity index is 643. The third kappa shape index (κ3) is 3.70. The Labute approximate surface area is 122 Å². The van der Waals surface area contributed by atoms with Crippen molar-refractivity contribution in [1.82, 2.24) is 0 Å². The minimum atomic E-state index is -0.430. The molecule has 6 nitrogen and oxygen atoms in total. The average Bonchev–Trinajstić information content (AvgIpc) is 2.52. The number of hydrogen-bond donors (Lipinski definition) is 1. The van der Waals surface area contributed by atoms with Gasteiger partial charge < -0.3 is 15.2 Å². The van der Waals surface area contributed by atoms with Gasteiger partial charge in [0, 0.05) is 30.3 Å². The van der Waals surface area contributed by atoms with Gasteiger partial charge in [-0.1, -0.05) is 18.2 Å². The van der Waals surface area contributed by atoms with Gasteiger partial charge in [-0.3, -0.25) is 10.1 Å². The van der Waals surface area contributed by atoms with Gasteiger partial charge in [0.1, 0.15) is 18.1 Å². The fraction of sp³-hybridized carbons (Fsp3) is 0.200. The Morgan fingerprint density at radius 3 is 2.71 bits per heavy atom. The smallest absolute Gasteiger partial charge is 0.269 e. The second kappa shape index (κ2) is 6.71. The minimum Gasteiger partial charge on any atom is -0.497 e. The lowest BCUT2D eigenvalue weighted by atomic mass is 10.2. The van der Waals surface area contributed by atoms with Gasteiger partial charge in [0.25, 0.3) is 5.69 Å². The Hall–Kier alpha value is -2.60. The van der Waals surface area contributed by atoms with E-state index in [1.165, 1.54) is 12.1 Å². The maximum Gasteiger partial charge on any atom is 0.269 e. The molecule has 0 amide bonds. The van der Waals surface area contributed by atoms with Crippen LogP contribution in [0.1, 0.15) is 11.1 Å². The van der Waals surface area contributed by atoms with Crippen LogP contribution in [0.5, 0.6) is 11.5 Å². The van der Waals surface area contributed by atoms with Gasteiger partial charge in [-0.25, -0.2) is 0 Å². The highest BCUT2D eigenvalue weighted by Crippen LogP contribution is 2.25. The van der Waals surface area contributed by atoms with E-state index >= 15 is 0 Å². The number of nitrogens with zero attached hydrogens (tertiary/aromatic N) is 1. The first-order valence-electron chi connectivity index (χ1n) is 6.37. The van der Waals surface area contributed by atoms with Gasteiger partial charge in [-0.05, 0) is 11.6 Å². The Kier molecular flexibility index (Phi) is 4.73. The lowest BCUT2D eigenvalue weighted by Crippen LogP contribution is -2.03. The number of hydrogen-bond acceptors (Lipinski definition) is 5. The summed E-state index contributed by atoms with van der Waals surface area (Å²) in [6.45, 7) is 0.566. The summed E-state index contributed by atoms with van der Waals surface area (Å²) in [7, 11) is 1.57. The zero-order valence-corrected chi connectivity index (χ0v) is 11.6. The maximum absolute atomic E-state index is 10.7. The van der Waals surface area contributed by atoms with E-state index in [4.69, 9.17) is 15.2 Å². The highest BCUT2D eigenvalue weighted by Gasteiger charge is 2.08. The number of methoxy groups -OCH3 is 1. The number of rotatable bonds is 6. The molecule has 110 valence electrons. The lowest BCUT2D eigenvalue weighted by Gasteiger charge is -2.12. The van der Waals surface area contributed by atoms with Gasteiger partial charge in [-0.2, -0.15) is 0 Å². The van der Waals surface area contributed by atoms with Crippen LogP contribution in [0, 0.1) is 10.1 Å². The number of nitro groups is 1. The zero-order valence-electron chi connectivity index (χ0n) is 11.6. The fourth-order valence-corrected chi connectivity index (χ4v) is 1.89. The number of nitrogens with two attached hydrogens (primary N) is 1. The van der Waals surface area contributed by atoms with Gasteiger partial charge in [0.15, 0.2) is 0 Å².